The lowest BCUT2D eigenvalue weighted by molar-refractivity contribution is 0.107. The minimum Gasteiger partial charge on any atom is -0.356 e. The number of nitrogens with one attached hydrogen (secondary N) is 2. The van der Waals surface area contributed by atoms with Crippen LogP contribution in [0.25, 0.3) is 0 Å². The number of nitrogens with zero attached hydrogens (tertiary/aromatic N) is 3. The van der Waals surface area contributed by atoms with Gasteiger partial charge in [0, 0.05) is 57.4 Å². The van der Waals surface area contributed by atoms with Gasteiger partial charge in [-0.1, -0.05) is 36.7 Å². The molecule has 1 saturated heterocycles. The second kappa shape index (κ2) is 12.8. The van der Waals surface area contributed by atoms with Gasteiger partial charge < -0.3 is 15.5 Å². The summed E-state index contributed by atoms with van der Waals surface area (Å²) >= 11 is 6.20. The summed E-state index contributed by atoms with van der Waals surface area (Å²) in [7, 11) is 1.81. The topological polar surface area (TPSA) is 42.9 Å². The first-order valence-electron chi connectivity index (χ1n) is 9.28. The second-order valence-corrected chi connectivity index (χ2v) is 6.95. The van der Waals surface area contributed by atoms with E-state index in [1.807, 2.05) is 25.2 Å². The zero-order valence-corrected chi connectivity index (χ0v) is 19.3. The molecule has 0 amide bonds. The number of likely N-dealkylation sites (N-methyl/N-ethyl adjacent to an activating group) is 1. The monoisotopic (exact) mass is 493 g/mol. The first-order chi connectivity index (χ1) is 12.1. The fourth-order valence-corrected chi connectivity index (χ4v) is 3.36. The van der Waals surface area contributed by atoms with E-state index in [-0.39, 0.29) is 24.0 Å². The number of guanidine groups is 1. The summed E-state index contributed by atoms with van der Waals surface area (Å²) < 4.78 is 0. The highest BCUT2D eigenvalue weighted by molar-refractivity contribution is 14.0. The quantitative estimate of drug-likeness (QED) is 0.348. The van der Waals surface area contributed by atoms with Crippen LogP contribution in [0.3, 0.4) is 0 Å². The highest BCUT2D eigenvalue weighted by atomic mass is 127. The average Bonchev–Trinajstić information content (AvgIpc) is 2.65. The Morgan fingerprint density at radius 1 is 1.19 bits per heavy atom. The third-order valence-electron chi connectivity index (χ3n) is 4.91. The minimum atomic E-state index is 0. The number of hydrogen-bond acceptors (Lipinski definition) is 3. The van der Waals surface area contributed by atoms with Crippen molar-refractivity contribution in [2.24, 2.45) is 4.99 Å². The first-order valence-corrected chi connectivity index (χ1v) is 9.66. The smallest absolute Gasteiger partial charge is 0.191 e. The Balaban J connectivity index is 0.00000338. The molecule has 0 aromatic heterocycles. The maximum Gasteiger partial charge on any atom is 0.191 e. The first kappa shape index (κ1) is 23.5. The molecule has 148 valence electrons. The number of halogens is 2. The Labute approximate surface area is 180 Å². The van der Waals surface area contributed by atoms with E-state index in [4.69, 9.17) is 11.6 Å². The molecular formula is C19H33ClIN5. The normalized spacial score (nSPS) is 17.5. The van der Waals surface area contributed by atoms with Crippen molar-refractivity contribution >= 4 is 41.5 Å². The molecule has 1 atom stereocenters. The van der Waals surface area contributed by atoms with Gasteiger partial charge in [-0.2, -0.15) is 0 Å². The third kappa shape index (κ3) is 7.58. The molecule has 0 saturated carbocycles. The standard InChI is InChI=1S/C19H32ClN5.HI/c1-4-24-11-13-25(14-12-24)16(2)15-23-19(21-3)22-10-9-17-7-5-6-8-18(17)20;/h5-8,16H,4,9-15H2,1-3H3,(H2,21,22,23);1H. The van der Waals surface area contributed by atoms with Crippen LogP contribution < -0.4 is 10.6 Å². The van der Waals surface area contributed by atoms with Crippen LogP contribution >= 0.6 is 35.6 Å². The van der Waals surface area contributed by atoms with E-state index in [0.29, 0.717) is 6.04 Å². The number of hydrogen-bond donors (Lipinski definition) is 2. The van der Waals surface area contributed by atoms with Gasteiger partial charge in [0.15, 0.2) is 5.96 Å². The summed E-state index contributed by atoms with van der Waals surface area (Å²) in [6, 6.07) is 8.49. The van der Waals surface area contributed by atoms with Crippen LogP contribution in [0.15, 0.2) is 29.3 Å². The molecule has 2 N–H and O–H groups in total. The van der Waals surface area contributed by atoms with Crippen LogP contribution in [-0.4, -0.2) is 74.7 Å². The minimum absolute atomic E-state index is 0. The van der Waals surface area contributed by atoms with Gasteiger partial charge in [-0.05, 0) is 31.5 Å². The van der Waals surface area contributed by atoms with Crippen LogP contribution in [0.5, 0.6) is 0 Å². The van der Waals surface area contributed by atoms with Gasteiger partial charge in [0.2, 0.25) is 0 Å². The molecule has 1 aromatic carbocycles. The highest BCUT2D eigenvalue weighted by Gasteiger charge is 2.20. The lowest BCUT2D eigenvalue weighted by atomic mass is 10.1. The van der Waals surface area contributed by atoms with E-state index in [1.165, 1.54) is 13.1 Å². The molecule has 0 spiro atoms. The number of piperazine rings is 1. The molecule has 2 rings (SSSR count). The van der Waals surface area contributed by atoms with Crippen molar-refractivity contribution < 1.29 is 0 Å². The molecule has 1 aliphatic heterocycles. The van der Waals surface area contributed by atoms with Crippen LogP contribution in [0.4, 0.5) is 0 Å². The van der Waals surface area contributed by atoms with E-state index in [0.717, 1.165) is 55.7 Å². The van der Waals surface area contributed by atoms with Gasteiger partial charge >= 0.3 is 0 Å². The Bertz CT molecular complexity index is 546. The Kier molecular flexibility index (Phi) is 11.5. The maximum absolute atomic E-state index is 6.20. The molecule has 5 nitrogen and oxygen atoms in total. The van der Waals surface area contributed by atoms with Crippen LogP contribution in [0, 0.1) is 0 Å². The summed E-state index contributed by atoms with van der Waals surface area (Å²) in [5.41, 5.74) is 1.16. The highest BCUT2D eigenvalue weighted by Crippen LogP contribution is 2.14. The van der Waals surface area contributed by atoms with Crippen molar-refractivity contribution in [2.75, 3.05) is 52.9 Å². The predicted octanol–water partition coefficient (Wildman–Crippen LogP) is 2.69. The molecule has 0 radical (unpaired) electrons. The van der Waals surface area contributed by atoms with Gasteiger partial charge in [-0.15, -0.1) is 24.0 Å². The lowest BCUT2D eigenvalue weighted by Crippen LogP contribution is -2.53. The van der Waals surface area contributed by atoms with E-state index >= 15 is 0 Å². The van der Waals surface area contributed by atoms with Gasteiger partial charge in [0.05, 0.1) is 0 Å². The zero-order valence-electron chi connectivity index (χ0n) is 16.2. The molecule has 1 aliphatic rings. The molecule has 1 heterocycles. The fraction of sp³-hybridized carbons (Fsp3) is 0.632. The van der Waals surface area contributed by atoms with Crippen molar-refractivity contribution in [3.8, 4) is 0 Å². The summed E-state index contributed by atoms with van der Waals surface area (Å²) in [4.78, 5) is 9.38. The van der Waals surface area contributed by atoms with Crippen molar-refractivity contribution in [3.05, 3.63) is 34.9 Å². The SMILES string of the molecule is CCN1CCN(C(C)CNC(=NC)NCCc2ccccc2Cl)CC1.I. The molecule has 7 heteroatoms. The van der Waals surface area contributed by atoms with Gasteiger partial charge in [-0.3, -0.25) is 9.89 Å². The zero-order chi connectivity index (χ0) is 18.1. The predicted molar refractivity (Wildman–Crippen MR) is 123 cm³/mol. The maximum atomic E-state index is 6.20. The van der Waals surface area contributed by atoms with Gasteiger partial charge in [-0.25, -0.2) is 0 Å². The molecule has 1 fully saturated rings. The third-order valence-corrected chi connectivity index (χ3v) is 5.28. The average molecular weight is 494 g/mol. The molecule has 1 aromatic rings. The Morgan fingerprint density at radius 3 is 2.50 bits per heavy atom. The summed E-state index contributed by atoms with van der Waals surface area (Å²) in [6.45, 7) is 12.0. The van der Waals surface area contributed by atoms with Gasteiger partial charge in [0.1, 0.15) is 0 Å². The van der Waals surface area contributed by atoms with Crippen molar-refractivity contribution in [2.45, 2.75) is 26.3 Å². The molecule has 26 heavy (non-hydrogen) atoms. The van der Waals surface area contributed by atoms with Crippen molar-refractivity contribution in [1.82, 2.24) is 20.4 Å². The van der Waals surface area contributed by atoms with E-state index in [1.54, 1.807) is 0 Å². The van der Waals surface area contributed by atoms with Gasteiger partial charge in [0.25, 0.3) is 0 Å². The summed E-state index contributed by atoms with van der Waals surface area (Å²) in [5.74, 6) is 0.853. The summed E-state index contributed by atoms with van der Waals surface area (Å²) in [5, 5.41) is 7.64. The Hall–Kier alpha value is -0.570. The van der Waals surface area contributed by atoms with Crippen LogP contribution in [0.2, 0.25) is 5.02 Å². The van der Waals surface area contributed by atoms with E-state index in [9.17, 15) is 0 Å². The number of benzene rings is 1. The fourth-order valence-electron chi connectivity index (χ4n) is 3.13. The molecule has 0 bridgehead atoms. The molecular weight excluding hydrogens is 461 g/mol. The number of aliphatic imine (C=N–C) groups is 1. The van der Waals surface area contributed by atoms with Crippen molar-refractivity contribution in [3.63, 3.8) is 0 Å². The van der Waals surface area contributed by atoms with E-state index < -0.39 is 0 Å². The van der Waals surface area contributed by atoms with Crippen LogP contribution in [0.1, 0.15) is 19.4 Å². The van der Waals surface area contributed by atoms with Crippen LogP contribution in [-0.2, 0) is 6.42 Å². The second-order valence-electron chi connectivity index (χ2n) is 6.54. The molecule has 0 aliphatic carbocycles. The van der Waals surface area contributed by atoms with Crippen molar-refractivity contribution in [1.29, 1.82) is 0 Å². The van der Waals surface area contributed by atoms with E-state index in [2.05, 4.69) is 45.3 Å². The molecule has 1 unspecified atom stereocenters. The lowest BCUT2D eigenvalue weighted by Gasteiger charge is -2.37. The number of rotatable bonds is 7. The largest absolute Gasteiger partial charge is 0.356 e. The Morgan fingerprint density at radius 2 is 1.88 bits per heavy atom. The summed E-state index contributed by atoms with van der Waals surface area (Å²) in [6.07, 6.45) is 0.884.